The lowest BCUT2D eigenvalue weighted by Gasteiger charge is -2.47. The second kappa shape index (κ2) is 5.25. The molecule has 0 spiro atoms. The molecule has 1 heterocycles. The van der Waals surface area contributed by atoms with Crippen LogP contribution in [0, 0.1) is 5.92 Å². The lowest BCUT2D eigenvalue weighted by molar-refractivity contribution is -0.181. The molecule has 102 valence electrons. The smallest absolute Gasteiger partial charge is 0.0760 e. The van der Waals surface area contributed by atoms with Gasteiger partial charge in [-0.2, -0.15) is 0 Å². The zero-order valence-corrected chi connectivity index (χ0v) is 12.4. The first kappa shape index (κ1) is 14.9. The summed E-state index contributed by atoms with van der Waals surface area (Å²) >= 11 is 0. The predicted molar refractivity (Wildman–Crippen MR) is 73.1 cm³/mol. The SMILES string of the molecule is CC(C)C[C@@H](N)CN1CC(C)(C)OC(C)(C)C1. The number of ether oxygens (including phenoxy) is 1. The van der Waals surface area contributed by atoms with Crippen LogP contribution in [0.25, 0.3) is 0 Å². The lowest BCUT2D eigenvalue weighted by atomic mass is 9.97. The van der Waals surface area contributed by atoms with E-state index in [2.05, 4.69) is 46.4 Å². The van der Waals surface area contributed by atoms with E-state index in [-0.39, 0.29) is 17.2 Å². The minimum atomic E-state index is -0.0701. The molecule has 0 amide bonds. The highest BCUT2D eigenvalue weighted by Gasteiger charge is 2.38. The molecule has 0 radical (unpaired) electrons. The van der Waals surface area contributed by atoms with E-state index < -0.39 is 0 Å². The van der Waals surface area contributed by atoms with Crippen molar-refractivity contribution in [3.63, 3.8) is 0 Å². The molecule has 0 bridgehead atoms. The zero-order valence-electron chi connectivity index (χ0n) is 12.4. The van der Waals surface area contributed by atoms with Gasteiger partial charge in [0.2, 0.25) is 0 Å². The number of nitrogens with two attached hydrogens (primary N) is 1. The minimum Gasteiger partial charge on any atom is -0.367 e. The Kier molecular flexibility index (Phi) is 4.61. The van der Waals surface area contributed by atoms with Gasteiger partial charge in [-0.05, 0) is 40.0 Å². The maximum Gasteiger partial charge on any atom is 0.0760 e. The Bertz CT molecular complexity index is 233. The van der Waals surface area contributed by atoms with Gasteiger partial charge in [-0.1, -0.05) is 13.8 Å². The third kappa shape index (κ3) is 5.36. The van der Waals surface area contributed by atoms with Crippen LogP contribution in [0.2, 0.25) is 0 Å². The summed E-state index contributed by atoms with van der Waals surface area (Å²) in [6.07, 6.45) is 1.10. The molecule has 1 aliphatic rings. The van der Waals surface area contributed by atoms with Gasteiger partial charge in [-0.25, -0.2) is 0 Å². The Morgan fingerprint density at radius 3 is 2.00 bits per heavy atom. The van der Waals surface area contributed by atoms with E-state index in [0.29, 0.717) is 5.92 Å². The van der Waals surface area contributed by atoms with Gasteiger partial charge in [0.15, 0.2) is 0 Å². The first-order valence-electron chi connectivity index (χ1n) is 6.78. The van der Waals surface area contributed by atoms with Gasteiger partial charge in [0.25, 0.3) is 0 Å². The maximum absolute atomic E-state index is 6.20. The molecule has 0 unspecified atom stereocenters. The topological polar surface area (TPSA) is 38.5 Å². The lowest BCUT2D eigenvalue weighted by Crippen LogP contribution is -2.59. The van der Waals surface area contributed by atoms with Gasteiger partial charge >= 0.3 is 0 Å². The Balaban J connectivity index is 2.53. The molecular formula is C14H30N2O. The van der Waals surface area contributed by atoms with Gasteiger partial charge in [0.1, 0.15) is 0 Å². The highest BCUT2D eigenvalue weighted by Crippen LogP contribution is 2.28. The van der Waals surface area contributed by atoms with Crippen LogP contribution < -0.4 is 5.73 Å². The van der Waals surface area contributed by atoms with Crippen LogP contribution in [0.4, 0.5) is 0 Å². The fraction of sp³-hybridized carbons (Fsp3) is 1.00. The summed E-state index contributed by atoms with van der Waals surface area (Å²) in [5.41, 5.74) is 6.06. The van der Waals surface area contributed by atoms with Crippen LogP contribution in [0.15, 0.2) is 0 Å². The van der Waals surface area contributed by atoms with Crippen LogP contribution in [0.3, 0.4) is 0 Å². The van der Waals surface area contributed by atoms with E-state index in [1.54, 1.807) is 0 Å². The van der Waals surface area contributed by atoms with Crippen molar-refractivity contribution in [1.29, 1.82) is 0 Å². The molecule has 3 nitrogen and oxygen atoms in total. The normalized spacial score (nSPS) is 26.1. The summed E-state index contributed by atoms with van der Waals surface area (Å²) in [5, 5.41) is 0. The number of morpholine rings is 1. The molecule has 1 saturated heterocycles. The highest BCUT2D eigenvalue weighted by molar-refractivity contribution is 4.90. The largest absolute Gasteiger partial charge is 0.367 e. The zero-order chi connectivity index (χ0) is 13.3. The average Bonchev–Trinajstić information content (AvgIpc) is 1.93. The first-order chi connectivity index (χ1) is 7.60. The van der Waals surface area contributed by atoms with Gasteiger partial charge < -0.3 is 10.5 Å². The van der Waals surface area contributed by atoms with Gasteiger partial charge in [0, 0.05) is 25.7 Å². The molecule has 0 saturated carbocycles. The fourth-order valence-corrected chi connectivity index (χ4v) is 3.09. The first-order valence-corrected chi connectivity index (χ1v) is 6.78. The van der Waals surface area contributed by atoms with Crippen molar-refractivity contribution in [2.75, 3.05) is 19.6 Å². The number of nitrogens with zero attached hydrogens (tertiary/aromatic N) is 1. The van der Waals surface area contributed by atoms with Gasteiger partial charge in [0.05, 0.1) is 11.2 Å². The third-order valence-electron chi connectivity index (χ3n) is 3.03. The van der Waals surface area contributed by atoms with Crippen LogP contribution in [-0.4, -0.2) is 41.8 Å². The second-order valence-corrected chi connectivity index (χ2v) is 7.18. The molecule has 0 aliphatic carbocycles. The summed E-state index contributed by atoms with van der Waals surface area (Å²) in [5.74, 6) is 0.673. The van der Waals surface area contributed by atoms with Gasteiger partial charge in [-0.3, -0.25) is 4.90 Å². The molecule has 1 aliphatic heterocycles. The Labute approximate surface area is 107 Å². The standard InChI is InChI=1S/C14H30N2O/c1-11(2)7-12(15)8-16-9-13(3,4)17-14(5,6)10-16/h11-12H,7-10,15H2,1-6H3/t12-/m1/s1. The summed E-state index contributed by atoms with van der Waals surface area (Å²) in [6, 6.07) is 0.277. The van der Waals surface area contributed by atoms with Crippen molar-refractivity contribution in [2.45, 2.75) is 65.2 Å². The Hall–Kier alpha value is -0.120. The van der Waals surface area contributed by atoms with Crippen molar-refractivity contribution in [3.05, 3.63) is 0 Å². The fourth-order valence-electron chi connectivity index (χ4n) is 3.09. The van der Waals surface area contributed by atoms with E-state index in [1.165, 1.54) is 0 Å². The number of hydrogen-bond donors (Lipinski definition) is 1. The van der Waals surface area contributed by atoms with Crippen molar-refractivity contribution < 1.29 is 4.74 Å². The van der Waals surface area contributed by atoms with Crippen molar-refractivity contribution in [3.8, 4) is 0 Å². The van der Waals surface area contributed by atoms with Crippen molar-refractivity contribution in [1.82, 2.24) is 4.90 Å². The molecule has 0 aromatic rings. The minimum absolute atomic E-state index is 0.0701. The molecule has 0 aromatic carbocycles. The molecule has 1 rings (SSSR count). The van der Waals surface area contributed by atoms with E-state index in [4.69, 9.17) is 10.5 Å². The second-order valence-electron chi connectivity index (χ2n) is 7.18. The molecule has 0 aromatic heterocycles. The summed E-state index contributed by atoms with van der Waals surface area (Å²) in [4.78, 5) is 2.45. The molecule has 3 heteroatoms. The summed E-state index contributed by atoms with van der Waals surface area (Å²) in [7, 11) is 0. The average molecular weight is 242 g/mol. The van der Waals surface area contributed by atoms with Gasteiger partial charge in [-0.15, -0.1) is 0 Å². The summed E-state index contributed by atoms with van der Waals surface area (Å²) in [6.45, 7) is 16.0. The van der Waals surface area contributed by atoms with E-state index >= 15 is 0 Å². The van der Waals surface area contributed by atoms with E-state index in [9.17, 15) is 0 Å². The highest BCUT2D eigenvalue weighted by atomic mass is 16.5. The molecule has 1 fully saturated rings. The van der Waals surface area contributed by atoms with Crippen LogP contribution in [0.1, 0.15) is 48.0 Å². The van der Waals surface area contributed by atoms with Crippen LogP contribution in [-0.2, 0) is 4.74 Å². The van der Waals surface area contributed by atoms with E-state index in [0.717, 1.165) is 26.1 Å². The predicted octanol–water partition coefficient (Wildman–Crippen LogP) is 2.25. The van der Waals surface area contributed by atoms with Crippen molar-refractivity contribution >= 4 is 0 Å². The third-order valence-corrected chi connectivity index (χ3v) is 3.03. The number of hydrogen-bond acceptors (Lipinski definition) is 3. The summed E-state index contributed by atoms with van der Waals surface area (Å²) < 4.78 is 6.07. The molecule has 1 atom stereocenters. The quantitative estimate of drug-likeness (QED) is 0.822. The monoisotopic (exact) mass is 242 g/mol. The van der Waals surface area contributed by atoms with Crippen molar-refractivity contribution in [2.24, 2.45) is 11.7 Å². The molecular weight excluding hydrogens is 212 g/mol. The van der Waals surface area contributed by atoms with Crippen LogP contribution in [0.5, 0.6) is 0 Å². The maximum atomic E-state index is 6.20. The molecule has 17 heavy (non-hydrogen) atoms. The van der Waals surface area contributed by atoms with E-state index in [1.807, 2.05) is 0 Å². The number of rotatable bonds is 4. The Morgan fingerprint density at radius 2 is 1.59 bits per heavy atom. The van der Waals surface area contributed by atoms with Crippen LogP contribution >= 0.6 is 0 Å². The molecule has 2 N–H and O–H groups in total. The Morgan fingerprint density at radius 1 is 1.12 bits per heavy atom.